The number of aryl methyl sites for hydroxylation is 1. The van der Waals surface area contributed by atoms with Crippen molar-refractivity contribution in [2.24, 2.45) is 5.92 Å². The zero-order chi connectivity index (χ0) is 18.1. The fraction of sp³-hybridized carbons (Fsp3) is 0.667. The Morgan fingerprint density at radius 1 is 1.08 bits per heavy atom. The molecule has 4 rings (SSSR count). The minimum Gasteiger partial charge on any atom is -0.493 e. The smallest absolute Gasteiger partial charge is 0.225 e. The van der Waals surface area contributed by atoms with Crippen LogP contribution >= 0.6 is 0 Å². The quantitative estimate of drug-likeness (QED) is 0.879. The van der Waals surface area contributed by atoms with E-state index in [-0.39, 0.29) is 5.92 Å². The highest BCUT2D eigenvalue weighted by Gasteiger charge is 2.35. The van der Waals surface area contributed by atoms with Crippen molar-refractivity contribution in [2.75, 3.05) is 27.3 Å². The van der Waals surface area contributed by atoms with Crippen LogP contribution in [0.1, 0.15) is 55.7 Å². The molecular weight excluding hydrogens is 328 g/mol. The standard InChI is InChI=1S/C21H30N2O3/c1-25-19-12-14-6-8-18(17(14)13-20(19)26-2)22-16-7-5-15(11-16)21(24)23-9-3-4-10-23/h12-13,15-16,18,22H,3-11H2,1-2H3/t15-,16+,18?/m1/s1. The highest BCUT2D eigenvalue weighted by Crippen LogP contribution is 2.40. The number of amides is 1. The molecule has 2 aliphatic carbocycles. The third kappa shape index (κ3) is 3.29. The number of benzene rings is 1. The maximum Gasteiger partial charge on any atom is 0.225 e. The van der Waals surface area contributed by atoms with E-state index in [9.17, 15) is 4.79 Å². The van der Waals surface area contributed by atoms with Gasteiger partial charge >= 0.3 is 0 Å². The van der Waals surface area contributed by atoms with Crippen LogP contribution in [-0.2, 0) is 11.2 Å². The lowest BCUT2D eigenvalue weighted by molar-refractivity contribution is -0.134. The molecule has 3 atom stereocenters. The van der Waals surface area contributed by atoms with Gasteiger partial charge in [0, 0.05) is 31.1 Å². The number of methoxy groups -OCH3 is 2. The van der Waals surface area contributed by atoms with Gasteiger partial charge in [0.2, 0.25) is 5.91 Å². The van der Waals surface area contributed by atoms with Gasteiger partial charge in [-0.2, -0.15) is 0 Å². The Morgan fingerprint density at radius 2 is 1.81 bits per heavy atom. The summed E-state index contributed by atoms with van der Waals surface area (Å²) >= 11 is 0. The van der Waals surface area contributed by atoms with Crippen LogP contribution in [0.25, 0.3) is 0 Å². The first-order chi connectivity index (χ1) is 12.7. The van der Waals surface area contributed by atoms with Crippen LogP contribution in [0.15, 0.2) is 12.1 Å². The predicted molar refractivity (Wildman–Crippen MR) is 101 cm³/mol. The summed E-state index contributed by atoms with van der Waals surface area (Å²) in [6, 6.07) is 5.04. The molecule has 1 aliphatic heterocycles. The number of nitrogens with one attached hydrogen (secondary N) is 1. The summed E-state index contributed by atoms with van der Waals surface area (Å²) in [7, 11) is 3.37. The molecule has 1 amide bonds. The Hall–Kier alpha value is -1.75. The molecule has 1 aromatic carbocycles. The lowest BCUT2D eigenvalue weighted by Gasteiger charge is -2.22. The Kier molecular flexibility index (Phi) is 5.07. The average molecular weight is 358 g/mol. The first kappa shape index (κ1) is 17.7. The van der Waals surface area contributed by atoms with Crippen LogP contribution in [0, 0.1) is 5.92 Å². The second-order valence-electron chi connectivity index (χ2n) is 7.90. The molecule has 3 aliphatic rings. The number of hydrogen-bond donors (Lipinski definition) is 1. The average Bonchev–Trinajstić information content (AvgIpc) is 3.42. The van der Waals surface area contributed by atoms with Crippen LogP contribution in [0.4, 0.5) is 0 Å². The Balaban J connectivity index is 1.40. The molecule has 1 unspecified atom stereocenters. The number of nitrogens with zero attached hydrogens (tertiary/aromatic N) is 1. The maximum absolute atomic E-state index is 12.7. The van der Waals surface area contributed by atoms with Gasteiger partial charge < -0.3 is 19.7 Å². The lowest BCUT2D eigenvalue weighted by atomic mass is 10.0. The van der Waals surface area contributed by atoms with Gasteiger partial charge in [0.15, 0.2) is 11.5 Å². The first-order valence-electron chi connectivity index (χ1n) is 9.99. The molecule has 1 aromatic rings. The SMILES string of the molecule is COc1cc2c(cc1OC)C(N[C@H]1CC[C@@H](C(=O)N3CCCC3)C1)CC2. The number of hydrogen-bond acceptors (Lipinski definition) is 4. The molecule has 5 heteroatoms. The Morgan fingerprint density at radius 3 is 2.54 bits per heavy atom. The summed E-state index contributed by atoms with van der Waals surface area (Å²) < 4.78 is 10.9. The number of carbonyl (C=O) groups excluding carboxylic acids is 1. The van der Waals surface area contributed by atoms with E-state index in [1.807, 2.05) is 0 Å². The van der Waals surface area contributed by atoms with Gasteiger partial charge in [-0.15, -0.1) is 0 Å². The summed E-state index contributed by atoms with van der Waals surface area (Å²) in [5.41, 5.74) is 2.68. The zero-order valence-corrected chi connectivity index (χ0v) is 15.9. The molecule has 5 nitrogen and oxygen atoms in total. The van der Waals surface area contributed by atoms with Gasteiger partial charge in [0.1, 0.15) is 0 Å². The van der Waals surface area contributed by atoms with E-state index in [4.69, 9.17) is 9.47 Å². The summed E-state index contributed by atoms with van der Waals surface area (Å²) in [6.07, 6.45) is 7.62. The highest BCUT2D eigenvalue weighted by molar-refractivity contribution is 5.79. The highest BCUT2D eigenvalue weighted by atomic mass is 16.5. The third-order valence-corrected chi connectivity index (χ3v) is 6.36. The van der Waals surface area contributed by atoms with Gasteiger partial charge in [-0.25, -0.2) is 0 Å². The van der Waals surface area contributed by atoms with Gasteiger partial charge in [-0.3, -0.25) is 4.79 Å². The predicted octanol–water partition coefficient (Wildman–Crippen LogP) is 3.07. The molecule has 26 heavy (non-hydrogen) atoms. The van der Waals surface area contributed by atoms with Crippen molar-refractivity contribution in [1.29, 1.82) is 0 Å². The van der Waals surface area contributed by atoms with E-state index in [0.29, 0.717) is 18.0 Å². The monoisotopic (exact) mass is 358 g/mol. The van der Waals surface area contributed by atoms with E-state index < -0.39 is 0 Å². The topological polar surface area (TPSA) is 50.8 Å². The molecule has 0 aromatic heterocycles. The maximum atomic E-state index is 12.7. The van der Waals surface area contributed by atoms with Crippen molar-refractivity contribution in [3.63, 3.8) is 0 Å². The van der Waals surface area contributed by atoms with Crippen LogP contribution in [0.5, 0.6) is 11.5 Å². The van der Waals surface area contributed by atoms with E-state index in [2.05, 4.69) is 22.3 Å². The minimum atomic E-state index is 0.219. The molecule has 0 bridgehead atoms. The molecule has 1 heterocycles. The third-order valence-electron chi connectivity index (χ3n) is 6.36. The number of ether oxygens (including phenoxy) is 2. The van der Waals surface area contributed by atoms with Crippen molar-refractivity contribution in [3.8, 4) is 11.5 Å². The molecule has 142 valence electrons. The summed E-state index contributed by atoms with van der Waals surface area (Å²) in [5.74, 6) is 2.22. The first-order valence-corrected chi connectivity index (χ1v) is 9.99. The van der Waals surface area contributed by atoms with Gasteiger partial charge in [0.25, 0.3) is 0 Å². The van der Waals surface area contributed by atoms with Gasteiger partial charge in [0.05, 0.1) is 14.2 Å². The van der Waals surface area contributed by atoms with Crippen molar-refractivity contribution < 1.29 is 14.3 Å². The Labute approximate surface area is 156 Å². The molecule has 1 saturated heterocycles. The molecule has 0 radical (unpaired) electrons. The number of carbonyl (C=O) groups is 1. The molecular formula is C21H30N2O3. The second-order valence-corrected chi connectivity index (χ2v) is 7.90. The molecule has 1 N–H and O–H groups in total. The van der Waals surface area contributed by atoms with Crippen LogP contribution in [-0.4, -0.2) is 44.2 Å². The van der Waals surface area contributed by atoms with Crippen molar-refractivity contribution in [2.45, 2.75) is 57.0 Å². The fourth-order valence-electron chi connectivity index (χ4n) is 4.94. The van der Waals surface area contributed by atoms with Crippen molar-refractivity contribution in [3.05, 3.63) is 23.3 Å². The molecule has 1 saturated carbocycles. The largest absolute Gasteiger partial charge is 0.493 e. The van der Waals surface area contributed by atoms with E-state index in [1.54, 1.807) is 14.2 Å². The van der Waals surface area contributed by atoms with E-state index in [0.717, 1.165) is 56.7 Å². The Bertz CT molecular complexity index is 669. The van der Waals surface area contributed by atoms with Crippen molar-refractivity contribution in [1.82, 2.24) is 10.2 Å². The van der Waals surface area contributed by atoms with Gasteiger partial charge in [-0.1, -0.05) is 0 Å². The number of fused-ring (bicyclic) bond motifs is 1. The summed E-state index contributed by atoms with van der Waals surface area (Å²) in [6.45, 7) is 1.93. The summed E-state index contributed by atoms with van der Waals surface area (Å²) in [4.78, 5) is 14.7. The number of likely N-dealkylation sites (tertiary alicyclic amines) is 1. The zero-order valence-electron chi connectivity index (χ0n) is 15.9. The second kappa shape index (κ2) is 7.47. The van der Waals surface area contributed by atoms with Crippen LogP contribution < -0.4 is 14.8 Å². The molecule has 2 fully saturated rings. The van der Waals surface area contributed by atoms with E-state index in [1.165, 1.54) is 24.0 Å². The lowest BCUT2D eigenvalue weighted by Crippen LogP contribution is -2.34. The van der Waals surface area contributed by atoms with Crippen LogP contribution in [0.2, 0.25) is 0 Å². The normalized spacial score (nSPS) is 27.6. The fourth-order valence-corrected chi connectivity index (χ4v) is 4.94. The van der Waals surface area contributed by atoms with Gasteiger partial charge in [-0.05, 0) is 68.2 Å². The summed E-state index contributed by atoms with van der Waals surface area (Å²) in [5, 5.41) is 3.83. The van der Waals surface area contributed by atoms with Crippen LogP contribution in [0.3, 0.4) is 0 Å². The van der Waals surface area contributed by atoms with Crippen molar-refractivity contribution >= 4 is 5.91 Å². The molecule has 0 spiro atoms. The van der Waals surface area contributed by atoms with E-state index >= 15 is 0 Å². The minimum absolute atomic E-state index is 0.219. The number of rotatable bonds is 5.